The van der Waals surface area contributed by atoms with E-state index in [2.05, 4.69) is 4.98 Å². The molecule has 1 amide bonds. The molecular weight excluding hydrogens is 268 g/mol. The van der Waals surface area contributed by atoms with Gasteiger partial charge in [0.25, 0.3) is 5.91 Å². The first-order valence-electron chi connectivity index (χ1n) is 7.68. The molecule has 0 bridgehead atoms. The van der Waals surface area contributed by atoms with Gasteiger partial charge in [0, 0.05) is 12.6 Å². The van der Waals surface area contributed by atoms with Crippen LogP contribution in [-0.2, 0) is 0 Å². The van der Waals surface area contributed by atoms with E-state index in [1.165, 1.54) is 31.7 Å². The fourth-order valence-corrected chi connectivity index (χ4v) is 3.70. The molecule has 5 nitrogen and oxygen atoms in total. The molecule has 1 aromatic rings. The van der Waals surface area contributed by atoms with E-state index in [1.807, 2.05) is 4.90 Å². The number of hydrogen-bond acceptors (Lipinski definition) is 3. The predicted octanol–water partition coefficient (Wildman–Crippen LogP) is 2.57. The van der Waals surface area contributed by atoms with Crippen molar-refractivity contribution in [1.82, 2.24) is 9.88 Å². The highest BCUT2D eigenvalue weighted by Gasteiger charge is 2.36. The first-order chi connectivity index (χ1) is 10.2. The number of carbonyl (C=O) groups is 2. The van der Waals surface area contributed by atoms with E-state index in [0.717, 1.165) is 19.4 Å². The predicted molar refractivity (Wildman–Crippen MR) is 77.2 cm³/mol. The maximum Gasteiger partial charge on any atom is 0.354 e. The number of carboxylic acid groups (broad SMARTS) is 1. The minimum absolute atomic E-state index is 0.0712. The quantitative estimate of drug-likeness (QED) is 0.908. The Balaban J connectivity index is 1.83. The van der Waals surface area contributed by atoms with Gasteiger partial charge in [0.05, 0.1) is 0 Å². The van der Waals surface area contributed by atoms with Crippen molar-refractivity contribution in [2.75, 3.05) is 6.54 Å². The molecule has 3 rings (SSSR count). The van der Waals surface area contributed by atoms with Crippen molar-refractivity contribution in [3.05, 3.63) is 29.6 Å². The van der Waals surface area contributed by atoms with Crippen LogP contribution in [0.4, 0.5) is 0 Å². The molecule has 1 aliphatic carbocycles. The molecule has 1 saturated heterocycles. The van der Waals surface area contributed by atoms with Crippen LogP contribution in [0, 0.1) is 5.92 Å². The van der Waals surface area contributed by atoms with Crippen molar-refractivity contribution in [3.8, 4) is 0 Å². The minimum atomic E-state index is -1.10. The molecule has 1 N–H and O–H groups in total. The summed E-state index contributed by atoms with van der Waals surface area (Å²) in [6.07, 6.45) is 6.94. The molecular formula is C16H20N2O3. The van der Waals surface area contributed by atoms with Crippen LogP contribution in [0.3, 0.4) is 0 Å². The van der Waals surface area contributed by atoms with Gasteiger partial charge in [-0.1, -0.05) is 18.9 Å². The number of rotatable bonds is 2. The van der Waals surface area contributed by atoms with E-state index < -0.39 is 5.97 Å². The number of pyridine rings is 1. The van der Waals surface area contributed by atoms with Crippen LogP contribution in [0.1, 0.15) is 59.5 Å². The summed E-state index contributed by atoms with van der Waals surface area (Å²) in [7, 11) is 0. The second-order valence-electron chi connectivity index (χ2n) is 5.97. The Labute approximate surface area is 124 Å². The van der Waals surface area contributed by atoms with Gasteiger partial charge in [0.1, 0.15) is 11.4 Å². The van der Waals surface area contributed by atoms with Crippen LogP contribution in [0.25, 0.3) is 0 Å². The average molecular weight is 288 g/mol. The van der Waals surface area contributed by atoms with Crippen molar-refractivity contribution in [1.29, 1.82) is 0 Å². The number of likely N-dealkylation sites (tertiary alicyclic amines) is 1. The molecule has 0 unspecified atom stereocenters. The number of fused-ring (bicyclic) bond motifs is 1. The normalized spacial score (nSPS) is 25.2. The van der Waals surface area contributed by atoms with E-state index in [1.54, 1.807) is 12.1 Å². The molecule has 1 aliphatic heterocycles. The fraction of sp³-hybridized carbons (Fsp3) is 0.562. The number of amides is 1. The summed E-state index contributed by atoms with van der Waals surface area (Å²) in [5, 5.41) is 9.00. The van der Waals surface area contributed by atoms with Gasteiger partial charge < -0.3 is 10.0 Å². The zero-order chi connectivity index (χ0) is 14.8. The second-order valence-corrected chi connectivity index (χ2v) is 5.97. The van der Waals surface area contributed by atoms with E-state index in [4.69, 9.17) is 5.11 Å². The number of carboxylic acids is 1. The Kier molecular flexibility index (Phi) is 3.90. The maximum absolute atomic E-state index is 12.7. The van der Waals surface area contributed by atoms with Crippen LogP contribution < -0.4 is 0 Å². The lowest BCUT2D eigenvalue weighted by molar-refractivity contribution is 0.0385. The lowest BCUT2D eigenvalue weighted by Gasteiger charge is -2.44. The minimum Gasteiger partial charge on any atom is -0.477 e. The van der Waals surface area contributed by atoms with Gasteiger partial charge in [-0.05, 0) is 43.7 Å². The van der Waals surface area contributed by atoms with Crippen LogP contribution >= 0.6 is 0 Å². The van der Waals surface area contributed by atoms with Crippen molar-refractivity contribution < 1.29 is 14.7 Å². The highest BCUT2D eigenvalue weighted by molar-refractivity contribution is 5.94. The third kappa shape index (κ3) is 2.77. The Morgan fingerprint density at radius 1 is 1.10 bits per heavy atom. The molecule has 112 valence electrons. The van der Waals surface area contributed by atoms with Gasteiger partial charge in [-0.2, -0.15) is 0 Å². The van der Waals surface area contributed by atoms with Gasteiger partial charge in [0.2, 0.25) is 0 Å². The van der Waals surface area contributed by atoms with Crippen LogP contribution in [-0.4, -0.2) is 39.5 Å². The number of piperidine rings is 1. The zero-order valence-electron chi connectivity index (χ0n) is 12.0. The molecule has 1 saturated carbocycles. The summed E-state index contributed by atoms with van der Waals surface area (Å²) >= 11 is 0. The average Bonchev–Trinajstić information content (AvgIpc) is 2.53. The van der Waals surface area contributed by atoms with Crippen molar-refractivity contribution in [3.63, 3.8) is 0 Å². The van der Waals surface area contributed by atoms with Gasteiger partial charge in [-0.3, -0.25) is 4.79 Å². The standard InChI is InChI=1S/C16H20N2O3/c19-15(12-7-3-8-13(17-12)16(20)21)18-10-4-6-11-5-1-2-9-14(11)18/h3,7-8,11,14H,1-2,4-6,9-10H2,(H,20,21)/t11-,14-/m1/s1. The lowest BCUT2D eigenvalue weighted by atomic mass is 9.78. The van der Waals surface area contributed by atoms with Crippen molar-refractivity contribution >= 4 is 11.9 Å². The van der Waals surface area contributed by atoms with Gasteiger partial charge in [0.15, 0.2) is 0 Å². The Bertz CT molecular complexity index is 556. The molecule has 2 heterocycles. The number of aromatic nitrogens is 1. The highest BCUT2D eigenvalue weighted by atomic mass is 16.4. The molecule has 2 fully saturated rings. The third-order valence-electron chi connectivity index (χ3n) is 4.69. The first kappa shape index (κ1) is 14.0. The fourth-order valence-electron chi connectivity index (χ4n) is 3.70. The molecule has 2 aliphatic rings. The summed E-state index contributed by atoms with van der Waals surface area (Å²) in [5.41, 5.74) is 0.180. The van der Waals surface area contributed by atoms with Crippen LogP contribution in [0.5, 0.6) is 0 Å². The lowest BCUT2D eigenvalue weighted by Crippen LogP contribution is -2.49. The molecule has 0 spiro atoms. The summed E-state index contributed by atoms with van der Waals surface area (Å²) in [6.45, 7) is 0.763. The van der Waals surface area contributed by atoms with Crippen molar-refractivity contribution in [2.24, 2.45) is 5.92 Å². The summed E-state index contributed by atoms with van der Waals surface area (Å²) in [4.78, 5) is 29.6. The molecule has 5 heteroatoms. The smallest absolute Gasteiger partial charge is 0.354 e. The molecule has 1 aromatic heterocycles. The number of hydrogen-bond donors (Lipinski definition) is 1. The first-order valence-corrected chi connectivity index (χ1v) is 7.68. The Morgan fingerprint density at radius 3 is 2.62 bits per heavy atom. The van der Waals surface area contributed by atoms with Crippen LogP contribution in [0.2, 0.25) is 0 Å². The molecule has 0 aromatic carbocycles. The summed E-state index contributed by atoms with van der Waals surface area (Å²) in [6, 6.07) is 4.93. The SMILES string of the molecule is O=C(O)c1cccc(C(=O)N2CCC[C@H]3CCCC[C@H]32)n1. The largest absolute Gasteiger partial charge is 0.477 e. The number of carbonyl (C=O) groups excluding carboxylic acids is 1. The second kappa shape index (κ2) is 5.84. The molecule has 21 heavy (non-hydrogen) atoms. The van der Waals surface area contributed by atoms with E-state index >= 15 is 0 Å². The summed E-state index contributed by atoms with van der Waals surface area (Å²) < 4.78 is 0. The zero-order valence-corrected chi connectivity index (χ0v) is 12.0. The van der Waals surface area contributed by atoms with Gasteiger partial charge >= 0.3 is 5.97 Å². The van der Waals surface area contributed by atoms with E-state index in [9.17, 15) is 9.59 Å². The third-order valence-corrected chi connectivity index (χ3v) is 4.69. The maximum atomic E-state index is 12.7. The van der Waals surface area contributed by atoms with Crippen LogP contribution in [0.15, 0.2) is 18.2 Å². The van der Waals surface area contributed by atoms with E-state index in [-0.39, 0.29) is 17.3 Å². The van der Waals surface area contributed by atoms with Gasteiger partial charge in [-0.15, -0.1) is 0 Å². The summed E-state index contributed by atoms with van der Waals surface area (Å²) in [5.74, 6) is -0.604. The monoisotopic (exact) mass is 288 g/mol. The van der Waals surface area contributed by atoms with Crippen molar-refractivity contribution in [2.45, 2.75) is 44.6 Å². The topological polar surface area (TPSA) is 70.5 Å². The number of nitrogens with zero attached hydrogens (tertiary/aromatic N) is 2. The highest BCUT2D eigenvalue weighted by Crippen LogP contribution is 2.35. The van der Waals surface area contributed by atoms with Gasteiger partial charge in [-0.25, -0.2) is 9.78 Å². The molecule has 2 atom stereocenters. The Hall–Kier alpha value is -1.91. The molecule has 0 radical (unpaired) electrons. The number of aromatic carboxylic acids is 1. The Morgan fingerprint density at radius 2 is 1.81 bits per heavy atom. The van der Waals surface area contributed by atoms with E-state index in [0.29, 0.717) is 12.0 Å².